The van der Waals surface area contributed by atoms with Crippen LogP contribution in [0.1, 0.15) is 10.5 Å². The molecular weight excluding hydrogens is 193 g/mol. The monoisotopic (exact) mass is 205 g/mol. The van der Waals surface area contributed by atoms with Crippen molar-refractivity contribution < 1.29 is 9.59 Å². The molecule has 0 aliphatic rings. The van der Waals surface area contributed by atoms with Crippen LogP contribution in [0.2, 0.25) is 6.32 Å². The molecule has 0 aliphatic carbocycles. The molecule has 1 aromatic heterocycles. The third-order valence-electron chi connectivity index (χ3n) is 1.89. The molecule has 1 rings (SSSR count). The SMILES string of the molecule is [B]CCNC(=O)c1cc(NC=O)cn1C. The molecule has 2 N–H and O–H groups in total. The second-order valence-electron chi connectivity index (χ2n) is 3.03. The van der Waals surface area contributed by atoms with Gasteiger partial charge in [0.15, 0.2) is 0 Å². The van der Waals surface area contributed by atoms with E-state index in [1.165, 1.54) is 0 Å². The van der Waals surface area contributed by atoms with E-state index in [1.54, 1.807) is 23.9 Å². The van der Waals surface area contributed by atoms with Gasteiger partial charge in [0.1, 0.15) is 5.69 Å². The van der Waals surface area contributed by atoms with E-state index in [-0.39, 0.29) is 5.91 Å². The van der Waals surface area contributed by atoms with Crippen LogP contribution in [0, 0.1) is 0 Å². The van der Waals surface area contributed by atoms with Gasteiger partial charge in [0.05, 0.1) is 13.5 Å². The number of nitrogens with zero attached hydrogens (tertiary/aromatic N) is 1. The number of carbonyl (C=O) groups excluding carboxylic acids is 2. The number of carbonyl (C=O) groups is 2. The summed E-state index contributed by atoms with van der Waals surface area (Å²) in [6.45, 7) is 0.431. The fraction of sp³-hybridized carbons (Fsp3) is 0.333. The van der Waals surface area contributed by atoms with E-state index in [1.807, 2.05) is 0 Å². The Labute approximate surface area is 89.2 Å². The lowest BCUT2D eigenvalue weighted by Gasteiger charge is -2.03. The zero-order chi connectivity index (χ0) is 11.3. The Bertz CT molecular complexity index is 362. The van der Waals surface area contributed by atoms with Crippen molar-refractivity contribution in [3.8, 4) is 0 Å². The van der Waals surface area contributed by atoms with Gasteiger partial charge in [-0.05, 0) is 6.07 Å². The highest BCUT2D eigenvalue weighted by Crippen LogP contribution is 2.11. The second kappa shape index (κ2) is 5.24. The summed E-state index contributed by atoms with van der Waals surface area (Å²) in [5.74, 6) is -0.207. The standard InChI is InChI=1S/C9H12BN3O2/c1-13-5-7(12-6-14)4-8(13)9(15)11-3-2-10/h4-6H,2-3H2,1H3,(H,11,15)(H,12,14). The first kappa shape index (κ1) is 11.4. The maximum absolute atomic E-state index is 11.5. The van der Waals surface area contributed by atoms with Crippen molar-refractivity contribution >= 4 is 25.9 Å². The Morgan fingerprint density at radius 3 is 3.00 bits per heavy atom. The Balaban J connectivity index is 2.75. The molecule has 15 heavy (non-hydrogen) atoms. The summed E-state index contributed by atoms with van der Waals surface area (Å²) in [4.78, 5) is 21.7. The van der Waals surface area contributed by atoms with Gasteiger partial charge in [-0.3, -0.25) is 9.59 Å². The van der Waals surface area contributed by atoms with Crippen LogP contribution in [0.3, 0.4) is 0 Å². The van der Waals surface area contributed by atoms with Crippen molar-refractivity contribution in [3.63, 3.8) is 0 Å². The molecule has 0 atom stereocenters. The van der Waals surface area contributed by atoms with Crippen LogP contribution in [-0.4, -0.2) is 31.3 Å². The zero-order valence-electron chi connectivity index (χ0n) is 8.49. The topological polar surface area (TPSA) is 63.1 Å². The highest BCUT2D eigenvalue weighted by atomic mass is 16.2. The van der Waals surface area contributed by atoms with Crippen molar-refractivity contribution in [1.29, 1.82) is 0 Å². The minimum Gasteiger partial charge on any atom is -0.352 e. The van der Waals surface area contributed by atoms with E-state index in [0.717, 1.165) is 0 Å². The first-order chi connectivity index (χ1) is 7.19. The van der Waals surface area contributed by atoms with Crippen LogP contribution >= 0.6 is 0 Å². The summed E-state index contributed by atoms with van der Waals surface area (Å²) in [5.41, 5.74) is 1.07. The molecule has 0 bridgehead atoms. The lowest BCUT2D eigenvalue weighted by molar-refractivity contribution is -0.105. The van der Waals surface area contributed by atoms with E-state index in [4.69, 9.17) is 7.85 Å². The van der Waals surface area contributed by atoms with Crippen molar-refractivity contribution in [2.75, 3.05) is 11.9 Å². The molecule has 6 heteroatoms. The van der Waals surface area contributed by atoms with E-state index in [0.29, 0.717) is 30.7 Å². The van der Waals surface area contributed by atoms with Crippen molar-refractivity contribution in [3.05, 3.63) is 18.0 Å². The molecule has 0 unspecified atom stereocenters. The molecule has 0 aromatic carbocycles. The quantitative estimate of drug-likeness (QED) is 0.521. The predicted octanol–water partition coefficient (Wildman–Crippen LogP) is -0.0900. The molecule has 1 aromatic rings. The van der Waals surface area contributed by atoms with E-state index in [9.17, 15) is 9.59 Å². The van der Waals surface area contributed by atoms with Crippen LogP contribution in [0.25, 0.3) is 0 Å². The first-order valence-corrected chi connectivity index (χ1v) is 4.54. The van der Waals surface area contributed by atoms with Crippen LogP contribution in [-0.2, 0) is 11.8 Å². The van der Waals surface area contributed by atoms with Gasteiger partial charge < -0.3 is 15.2 Å². The summed E-state index contributed by atoms with van der Waals surface area (Å²) in [7, 11) is 7.00. The number of nitrogens with one attached hydrogen (secondary N) is 2. The lowest BCUT2D eigenvalue weighted by atomic mass is 10.1. The number of rotatable bonds is 5. The minimum absolute atomic E-state index is 0.207. The first-order valence-electron chi connectivity index (χ1n) is 4.54. The average Bonchev–Trinajstić information content (AvgIpc) is 2.57. The Morgan fingerprint density at radius 2 is 2.40 bits per heavy atom. The number of hydrogen-bond acceptors (Lipinski definition) is 2. The highest BCUT2D eigenvalue weighted by molar-refractivity contribution is 6.08. The minimum atomic E-state index is -0.207. The van der Waals surface area contributed by atoms with E-state index < -0.39 is 0 Å². The van der Waals surface area contributed by atoms with Crippen LogP contribution < -0.4 is 10.6 Å². The smallest absolute Gasteiger partial charge is 0.267 e. The molecule has 78 valence electrons. The Kier molecular flexibility index (Phi) is 3.97. The summed E-state index contributed by atoms with van der Waals surface area (Å²) in [6, 6.07) is 1.60. The van der Waals surface area contributed by atoms with Gasteiger partial charge in [0, 0.05) is 19.8 Å². The van der Waals surface area contributed by atoms with Gasteiger partial charge in [0.2, 0.25) is 6.41 Å². The normalized spacial score (nSPS) is 9.67. The van der Waals surface area contributed by atoms with Gasteiger partial charge >= 0.3 is 0 Å². The van der Waals surface area contributed by atoms with Crippen molar-refractivity contribution in [2.24, 2.45) is 7.05 Å². The molecule has 0 spiro atoms. The van der Waals surface area contributed by atoms with Gasteiger partial charge in [-0.2, -0.15) is 0 Å². The van der Waals surface area contributed by atoms with Crippen LogP contribution in [0.15, 0.2) is 12.3 Å². The third kappa shape index (κ3) is 2.87. The summed E-state index contributed by atoms with van der Waals surface area (Å²) in [5, 5.41) is 5.12. The number of aryl methyl sites for hydroxylation is 1. The van der Waals surface area contributed by atoms with Gasteiger partial charge in [-0.15, -0.1) is 0 Å². The third-order valence-corrected chi connectivity index (χ3v) is 1.89. The van der Waals surface area contributed by atoms with E-state index in [2.05, 4.69) is 10.6 Å². The summed E-state index contributed by atoms with van der Waals surface area (Å²) in [6.07, 6.45) is 2.62. The molecule has 2 amide bonds. The van der Waals surface area contributed by atoms with E-state index >= 15 is 0 Å². The molecule has 0 saturated heterocycles. The number of amides is 2. The zero-order valence-corrected chi connectivity index (χ0v) is 8.49. The number of hydrogen-bond donors (Lipinski definition) is 2. The largest absolute Gasteiger partial charge is 0.352 e. The molecule has 5 nitrogen and oxygen atoms in total. The lowest BCUT2D eigenvalue weighted by Crippen LogP contribution is -2.25. The fourth-order valence-corrected chi connectivity index (χ4v) is 1.21. The van der Waals surface area contributed by atoms with Crippen molar-refractivity contribution in [1.82, 2.24) is 9.88 Å². The molecule has 0 aliphatic heterocycles. The maximum Gasteiger partial charge on any atom is 0.267 e. The molecule has 1 heterocycles. The molecule has 0 fully saturated rings. The average molecular weight is 205 g/mol. The number of aromatic nitrogens is 1. The Morgan fingerprint density at radius 1 is 1.67 bits per heavy atom. The fourth-order valence-electron chi connectivity index (χ4n) is 1.21. The molecular formula is C9H12BN3O2. The number of anilines is 1. The van der Waals surface area contributed by atoms with Gasteiger partial charge in [-0.25, -0.2) is 0 Å². The van der Waals surface area contributed by atoms with Gasteiger partial charge in [-0.1, -0.05) is 6.32 Å². The highest BCUT2D eigenvalue weighted by Gasteiger charge is 2.10. The maximum atomic E-state index is 11.5. The second-order valence-corrected chi connectivity index (χ2v) is 3.03. The summed E-state index contributed by atoms with van der Waals surface area (Å²) < 4.78 is 1.64. The molecule has 0 saturated carbocycles. The van der Waals surface area contributed by atoms with Crippen LogP contribution in [0.5, 0.6) is 0 Å². The van der Waals surface area contributed by atoms with Gasteiger partial charge in [0.25, 0.3) is 5.91 Å². The Hall–Kier alpha value is -1.72. The predicted molar refractivity (Wildman–Crippen MR) is 58.0 cm³/mol. The molecule has 2 radical (unpaired) electrons. The van der Waals surface area contributed by atoms with Crippen molar-refractivity contribution in [2.45, 2.75) is 6.32 Å². The summed E-state index contributed by atoms with van der Waals surface area (Å²) >= 11 is 0. The van der Waals surface area contributed by atoms with Crippen LogP contribution in [0.4, 0.5) is 5.69 Å².